The van der Waals surface area contributed by atoms with Crippen molar-refractivity contribution in [3.63, 3.8) is 0 Å². The van der Waals surface area contributed by atoms with Crippen LogP contribution in [-0.2, 0) is 49.5 Å². The lowest BCUT2D eigenvalue weighted by Gasteiger charge is -2.26. The molecule has 5 amide bonds. The van der Waals surface area contributed by atoms with Crippen molar-refractivity contribution in [3.05, 3.63) is 76.9 Å². The van der Waals surface area contributed by atoms with Crippen LogP contribution >= 0.6 is 0 Å². The summed E-state index contributed by atoms with van der Waals surface area (Å²) in [7, 11) is 0. The van der Waals surface area contributed by atoms with E-state index >= 15 is 0 Å². The van der Waals surface area contributed by atoms with Crippen molar-refractivity contribution < 1.29 is 42.9 Å². The Balaban J connectivity index is 1.16. The molecule has 0 fully saturated rings. The Labute approximate surface area is 336 Å². The van der Waals surface area contributed by atoms with Crippen molar-refractivity contribution in [2.24, 2.45) is 5.92 Å². The highest BCUT2D eigenvalue weighted by atomic mass is 16.6. The lowest BCUT2D eigenvalue weighted by atomic mass is 10.0. The Morgan fingerprint density at radius 1 is 0.702 bits per heavy atom. The minimum Gasteiger partial charge on any atom is -0.379 e. The minimum absolute atomic E-state index is 0.0694. The molecule has 14 nitrogen and oxygen atoms in total. The molecule has 2 aromatic carbocycles. The number of allylic oxidation sites excluding steroid dienone is 1. The molecule has 2 aromatic rings. The van der Waals surface area contributed by atoms with Crippen LogP contribution in [0.25, 0.3) is 0 Å². The van der Waals surface area contributed by atoms with Gasteiger partial charge in [-0.1, -0.05) is 67.7 Å². The van der Waals surface area contributed by atoms with Crippen LogP contribution < -0.4 is 26.2 Å². The Hall–Kier alpha value is -5.07. The smallest absolute Gasteiger partial charge is 0.243 e. The van der Waals surface area contributed by atoms with E-state index in [0.29, 0.717) is 46.1 Å². The highest BCUT2D eigenvalue weighted by Crippen LogP contribution is 2.25. The van der Waals surface area contributed by atoms with Gasteiger partial charge < -0.3 is 45.1 Å². The quantitative estimate of drug-likeness (QED) is 0.0671. The monoisotopic (exact) mass is 789 g/mol. The van der Waals surface area contributed by atoms with E-state index < -0.39 is 18.0 Å². The van der Waals surface area contributed by atoms with Gasteiger partial charge in [0.05, 0.1) is 65.1 Å². The summed E-state index contributed by atoms with van der Waals surface area (Å²) < 4.78 is 22.0. The molecule has 0 bridgehead atoms. The van der Waals surface area contributed by atoms with Gasteiger partial charge >= 0.3 is 0 Å². The number of carbonyl (C=O) groups excluding carboxylic acids is 5. The zero-order chi connectivity index (χ0) is 41.4. The van der Waals surface area contributed by atoms with Crippen LogP contribution in [0, 0.1) is 17.8 Å². The Morgan fingerprint density at radius 2 is 1.26 bits per heavy atom. The molecular weight excluding hydrogens is 730 g/mol. The zero-order valence-electron chi connectivity index (χ0n) is 33.9. The van der Waals surface area contributed by atoms with Gasteiger partial charge in [-0.3, -0.25) is 24.0 Å². The van der Waals surface area contributed by atoms with Crippen molar-refractivity contribution in [1.29, 1.82) is 0 Å². The summed E-state index contributed by atoms with van der Waals surface area (Å²) in [5, 5.41) is 11.0. The second-order valence-electron chi connectivity index (χ2n) is 13.8. The van der Waals surface area contributed by atoms with Gasteiger partial charge in [-0.15, -0.1) is 0 Å². The van der Waals surface area contributed by atoms with Crippen molar-refractivity contribution in [2.75, 3.05) is 70.8 Å². The summed E-state index contributed by atoms with van der Waals surface area (Å²) in [6.45, 7) is 12.4. The number of nitrogens with one attached hydrogen (secondary N) is 4. The number of anilines is 1. The van der Waals surface area contributed by atoms with Gasteiger partial charge in [0.1, 0.15) is 12.1 Å². The minimum atomic E-state index is -0.789. The molecule has 14 heteroatoms. The highest BCUT2D eigenvalue weighted by Gasteiger charge is 2.27. The summed E-state index contributed by atoms with van der Waals surface area (Å²) in [5.41, 5.74) is 4.41. The fourth-order valence-corrected chi connectivity index (χ4v) is 5.46. The lowest BCUT2D eigenvalue weighted by Crippen LogP contribution is -2.54. The molecule has 0 radical (unpaired) electrons. The van der Waals surface area contributed by atoms with Gasteiger partial charge in [0.15, 0.2) is 0 Å². The summed E-state index contributed by atoms with van der Waals surface area (Å²) in [6, 6.07) is 13.8. The fraction of sp³-hybridized carbons (Fsp3) is 0.512. The molecule has 1 heterocycles. The molecule has 2 atom stereocenters. The SMILES string of the molecule is C/C=C(\C)CNC(=O)[C@H](C)NC(=O)[C@@H](NC(=O)CCOCCOCCOCCOCCC(=O)NCCC(=O)N1Cc2ccccc2C#Cc2ccccc21)C(C)C. The normalized spacial score (nSPS) is 13.2. The Morgan fingerprint density at radius 3 is 1.89 bits per heavy atom. The maximum absolute atomic E-state index is 13.3. The van der Waals surface area contributed by atoms with E-state index in [1.807, 2.05) is 82.3 Å². The first-order chi connectivity index (χ1) is 27.5. The van der Waals surface area contributed by atoms with Gasteiger partial charge in [0.25, 0.3) is 0 Å². The average molecular weight is 790 g/mol. The van der Waals surface area contributed by atoms with E-state index in [0.717, 1.165) is 28.0 Å². The second kappa shape index (κ2) is 26.0. The summed E-state index contributed by atoms with van der Waals surface area (Å²) in [6.07, 6.45) is 2.29. The number of fused-ring (bicyclic) bond motifs is 2. The molecular formula is C43H59N5O9. The van der Waals surface area contributed by atoms with E-state index in [2.05, 4.69) is 33.1 Å². The zero-order valence-corrected chi connectivity index (χ0v) is 33.9. The first-order valence-corrected chi connectivity index (χ1v) is 19.6. The maximum Gasteiger partial charge on any atom is 0.243 e. The topological polar surface area (TPSA) is 174 Å². The van der Waals surface area contributed by atoms with E-state index in [-0.39, 0.29) is 75.2 Å². The number of benzene rings is 2. The van der Waals surface area contributed by atoms with Gasteiger partial charge in [-0.2, -0.15) is 0 Å². The van der Waals surface area contributed by atoms with Crippen LogP contribution in [0.15, 0.2) is 60.2 Å². The van der Waals surface area contributed by atoms with Gasteiger partial charge in [-0.05, 0) is 50.5 Å². The average Bonchev–Trinajstić information content (AvgIpc) is 3.19. The number of hydrogen-bond donors (Lipinski definition) is 4. The molecule has 4 N–H and O–H groups in total. The number of nitrogens with zero attached hydrogens (tertiary/aromatic N) is 1. The van der Waals surface area contributed by atoms with E-state index in [4.69, 9.17) is 18.9 Å². The fourth-order valence-electron chi connectivity index (χ4n) is 5.46. The van der Waals surface area contributed by atoms with E-state index in [9.17, 15) is 24.0 Å². The molecule has 3 rings (SSSR count). The van der Waals surface area contributed by atoms with Crippen LogP contribution in [0.3, 0.4) is 0 Å². The molecule has 310 valence electrons. The molecule has 0 unspecified atom stereocenters. The van der Waals surface area contributed by atoms with Crippen molar-refractivity contribution >= 4 is 35.2 Å². The molecule has 0 saturated carbocycles. The standard InChI is InChI=1S/C43H59N5O9/c1-6-32(4)29-45-42(52)33(5)46-43(53)41(31(2)3)47-39(50)19-22-55-24-26-57-28-27-56-25-23-54-21-18-38(49)44-20-17-40(51)48-30-36-13-8-7-11-34(36)15-16-35-12-9-10-14-37(35)48/h6-14,31,33,41H,17-30H2,1-5H3,(H,44,49)(H,45,52)(H,46,53)(H,47,50)/b32-6+/t33-,41-/m0/s1. The third kappa shape index (κ3) is 17.3. The number of rotatable bonds is 25. The number of ether oxygens (including phenoxy) is 4. The van der Waals surface area contributed by atoms with Gasteiger partial charge in [0.2, 0.25) is 29.5 Å². The van der Waals surface area contributed by atoms with Gasteiger partial charge in [0, 0.05) is 43.5 Å². The second-order valence-corrected chi connectivity index (χ2v) is 13.8. The third-order valence-corrected chi connectivity index (χ3v) is 8.95. The van der Waals surface area contributed by atoms with Crippen LogP contribution in [-0.4, -0.2) is 108 Å². The predicted molar refractivity (Wildman–Crippen MR) is 217 cm³/mol. The number of hydrogen-bond acceptors (Lipinski definition) is 9. The molecule has 1 aliphatic heterocycles. The van der Waals surface area contributed by atoms with E-state index in [1.54, 1.807) is 11.8 Å². The maximum atomic E-state index is 13.3. The van der Waals surface area contributed by atoms with Crippen LogP contribution in [0.1, 0.15) is 70.6 Å². The van der Waals surface area contributed by atoms with Crippen molar-refractivity contribution in [1.82, 2.24) is 21.3 Å². The highest BCUT2D eigenvalue weighted by molar-refractivity contribution is 5.95. The molecule has 1 aliphatic rings. The first kappa shape index (κ1) is 46.3. The first-order valence-electron chi connectivity index (χ1n) is 19.6. The molecule has 0 aliphatic carbocycles. The van der Waals surface area contributed by atoms with E-state index in [1.165, 1.54) is 0 Å². The largest absolute Gasteiger partial charge is 0.379 e. The van der Waals surface area contributed by atoms with Crippen LogP contribution in [0.4, 0.5) is 5.69 Å². The molecule has 57 heavy (non-hydrogen) atoms. The molecule has 0 spiro atoms. The van der Waals surface area contributed by atoms with Crippen LogP contribution in [0.2, 0.25) is 0 Å². The van der Waals surface area contributed by atoms with Crippen LogP contribution in [0.5, 0.6) is 0 Å². The summed E-state index contributed by atoms with van der Waals surface area (Å²) >= 11 is 0. The van der Waals surface area contributed by atoms with Crippen molar-refractivity contribution in [2.45, 2.75) is 72.5 Å². The number of para-hydroxylation sites is 1. The molecule has 0 saturated heterocycles. The predicted octanol–water partition coefficient (Wildman–Crippen LogP) is 3.01. The summed E-state index contributed by atoms with van der Waals surface area (Å²) in [4.78, 5) is 64.9. The number of amides is 5. The Bertz CT molecular complexity index is 1720. The number of carbonyl (C=O) groups is 5. The summed E-state index contributed by atoms with van der Waals surface area (Å²) in [5.74, 6) is 4.85. The molecule has 0 aromatic heterocycles. The van der Waals surface area contributed by atoms with Crippen molar-refractivity contribution in [3.8, 4) is 11.8 Å². The Kier molecular flexibility index (Phi) is 21.1. The van der Waals surface area contributed by atoms with Gasteiger partial charge in [-0.25, -0.2) is 0 Å². The third-order valence-electron chi connectivity index (χ3n) is 8.95. The lowest BCUT2D eigenvalue weighted by molar-refractivity contribution is -0.133.